The number of rotatable bonds is 6. The van der Waals surface area contributed by atoms with Crippen LogP contribution in [0.15, 0.2) is 48.5 Å². The monoisotopic (exact) mass is 520 g/mol. The lowest BCUT2D eigenvalue weighted by molar-refractivity contribution is 0.0344. The van der Waals surface area contributed by atoms with E-state index >= 15 is 0 Å². The molecule has 198 valence electrons. The van der Waals surface area contributed by atoms with Gasteiger partial charge in [-0.1, -0.05) is 44.2 Å². The highest BCUT2D eigenvalue weighted by molar-refractivity contribution is 7.84. The van der Waals surface area contributed by atoms with Gasteiger partial charge >= 0.3 is 0 Å². The van der Waals surface area contributed by atoms with Crippen LogP contribution >= 0.6 is 0 Å². The molecule has 0 saturated carbocycles. The Morgan fingerprint density at radius 2 is 1.76 bits per heavy atom. The molecule has 1 aliphatic heterocycles. The van der Waals surface area contributed by atoms with Crippen LogP contribution in [-0.2, 0) is 22.3 Å². The number of nitriles is 1. The molecule has 3 aromatic rings. The number of benzene rings is 2. The van der Waals surface area contributed by atoms with Gasteiger partial charge in [0.15, 0.2) is 0 Å². The van der Waals surface area contributed by atoms with Gasteiger partial charge in [0.1, 0.15) is 0 Å². The minimum atomic E-state index is -1.10. The van der Waals surface area contributed by atoms with E-state index in [1.165, 1.54) is 5.56 Å². The summed E-state index contributed by atoms with van der Waals surface area (Å²) in [5.41, 5.74) is 5.67. The summed E-state index contributed by atoms with van der Waals surface area (Å²) >= 11 is 0. The summed E-state index contributed by atoms with van der Waals surface area (Å²) in [5, 5.41) is 10.5. The Kier molecular flexibility index (Phi) is 9.97. The molecule has 4 rings (SSSR count). The first kappa shape index (κ1) is 28.9. The molecule has 1 saturated heterocycles. The van der Waals surface area contributed by atoms with Gasteiger partial charge in [-0.05, 0) is 57.0 Å². The van der Waals surface area contributed by atoms with Crippen molar-refractivity contribution in [3.63, 3.8) is 0 Å². The molecule has 1 fully saturated rings. The zero-order valence-corrected chi connectivity index (χ0v) is 24.1. The van der Waals surface area contributed by atoms with E-state index < -0.39 is 11.0 Å². The fourth-order valence-electron chi connectivity index (χ4n) is 4.37. The Hall–Kier alpha value is -2.63. The number of aromatic nitrogens is 1. The Balaban J connectivity index is 0.00000186. The van der Waals surface area contributed by atoms with Gasteiger partial charge in [0.25, 0.3) is 0 Å². The third kappa shape index (κ3) is 7.03. The molecule has 6 nitrogen and oxygen atoms in total. The summed E-state index contributed by atoms with van der Waals surface area (Å²) in [7, 11) is 0.813. The Morgan fingerprint density at radius 3 is 2.35 bits per heavy atom. The van der Waals surface area contributed by atoms with Crippen LogP contribution in [0.3, 0.4) is 0 Å². The maximum absolute atomic E-state index is 12.8. The van der Waals surface area contributed by atoms with Crippen LogP contribution in [0.1, 0.15) is 64.3 Å². The maximum Gasteiger partial charge on any atom is 0.1000 e. The molecule has 0 amide bonds. The SMILES string of the molecule is CC.CC(c1ccc(-c2cc(CN3CCOCC3)c3ccc(C#N)cc3n2)cc1)N(C)S(=O)C(C)(C)C. The number of pyridine rings is 1. The minimum absolute atomic E-state index is 0.0174. The Labute approximate surface area is 224 Å². The number of fused-ring (bicyclic) bond motifs is 1. The van der Waals surface area contributed by atoms with E-state index in [2.05, 4.69) is 48.2 Å². The van der Waals surface area contributed by atoms with E-state index in [-0.39, 0.29) is 10.8 Å². The molecule has 0 bridgehead atoms. The first-order valence-electron chi connectivity index (χ1n) is 13.1. The molecule has 2 aromatic carbocycles. The summed E-state index contributed by atoms with van der Waals surface area (Å²) in [4.78, 5) is 7.32. The highest BCUT2D eigenvalue weighted by Crippen LogP contribution is 2.30. The van der Waals surface area contributed by atoms with Crippen molar-refractivity contribution in [3.8, 4) is 17.3 Å². The molecule has 0 spiro atoms. The van der Waals surface area contributed by atoms with Crippen molar-refractivity contribution in [2.75, 3.05) is 33.4 Å². The van der Waals surface area contributed by atoms with Crippen molar-refractivity contribution in [2.24, 2.45) is 0 Å². The van der Waals surface area contributed by atoms with Crippen LogP contribution in [0, 0.1) is 11.3 Å². The van der Waals surface area contributed by atoms with E-state index in [0.717, 1.165) is 60.6 Å². The Morgan fingerprint density at radius 1 is 1.11 bits per heavy atom. The number of nitrogens with zero attached hydrogens (tertiary/aromatic N) is 4. The van der Waals surface area contributed by atoms with E-state index in [1.54, 1.807) is 0 Å². The van der Waals surface area contributed by atoms with Crippen LogP contribution in [0.4, 0.5) is 0 Å². The highest BCUT2D eigenvalue weighted by Gasteiger charge is 2.27. The van der Waals surface area contributed by atoms with Crippen LogP contribution < -0.4 is 0 Å². The second kappa shape index (κ2) is 12.7. The van der Waals surface area contributed by atoms with Crippen molar-refractivity contribution < 1.29 is 8.95 Å². The van der Waals surface area contributed by atoms with Gasteiger partial charge in [0.05, 0.1) is 51.8 Å². The smallest absolute Gasteiger partial charge is 0.1000 e. The quantitative estimate of drug-likeness (QED) is 0.394. The van der Waals surface area contributed by atoms with Crippen LogP contribution in [0.25, 0.3) is 22.2 Å². The lowest BCUT2D eigenvalue weighted by Gasteiger charge is -2.30. The molecule has 2 heterocycles. The van der Waals surface area contributed by atoms with Gasteiger partial charge in [0.2, 0.25) is 0 Å². The predicted molar refractivity (Wildman–Crippen MR) is 153 cm³/mol. The molecule has 2 atom stereocenters. The van der Waals surface area contributed by atoms with Crippen molar-refractivity contribution in [1.29, 1.82) is 5.26 Å². The van der Waals surface area contributed by atoms with E-state index in [0.29, 0.717) is 5.56 Å². The molecular formula is C30H40N4O2S. The van der Waals surface area contributed by atoms with Crippen molar-refractivity contribution in [3.05, 3.63) is 65.2 Å². The third-order valence-electron chi connectivity index (χ3n) is 6.54. The Bertz CT molecular complexity index is 1260. The van der Waals surface area contributed by atoms with Crippen LogP contribution in [-0.4, -0.2) is 56.5 Å². The average molecular weight is 521 g/mol. The molecule has 7 heteroatoms. The van der Waals surface area contributed by atoms with Gasteiger partial charge in [0, 0.05) is 43.7 Å². The first-order chi connectivity index (χ1) is 17.7. The van der Waals surface area contributed by atoms with Crippen molar-refractivity contribution in [1.82, 2.24) is 14.2 Å². The standard InChI is InChI=1S/C28H34N4O2S.C2H6/c1-20(31(5)35(33)28(2,3)4)22-7-9-23(10-8-22)26-17-24(19-32-12-14-34-15-13-32)25-11-6-21(18-29)16-27(25)30-26;1-2/h6-11,16-17,20H,12-15,19H2,1-5H3;1-2H3. The zero-order chi connectivity index (χ0) is 27.2. The number of ether oxygens (including phenoxy) is 1. The molecule has 1 aromatic heterocycles. The maximum atomic E-state index is 12.8. The summed E-state index contributed by atoms with van der Waals surface area (Å²) in [6, 6.07) is 18.5. The predicted octanol–water partition coefficient (Wildman–Crippen LogP) is 6.09. The molecule has 0 radical (unpaired) electrons. The van der Waals surface area contributed by atoms with Gasteiger partial charge < -0.3 is 4.74 Å². The highest BCUT2D eigenvalue weighted by atomic mass is 32.2. The molecule has 37 heavy (non-hydrogen) atoms. The second-order valence-corrected chi connectivity index (χ2v) is 12.4. The topological polar surface area (TPSA) is 69.5 Å². The van der Waals surface area contributed by atoms with Crippen molar-refractivity contribution in [2.45, 2.75) is 58.9 Å². The summed E-state index contributed by atoms with van der Waals surface area (Å²) < 4.78 is 20.0. The van der Waals surface area contributed by atoms with Gasteiger partial charge in [-0.2, -0.15) is 5.26 Å². The van der Waals surface area contributed by atoms with Crippen LogP contribution in [0.5, 0.6) is 0 Å². The van der Waals surface area contributed by atoms with Crippen molar-refractivity contribution >= 4 is 21.9 Å². The largest absolute Gasteiger partial charge is 0.379 e. The van der Waals surface area contributed by atoms with E-state index in [9.17, 15) is 9.47 Å². The average Bonchev–Trinajstić information content (AvgIpc) is 2.92. The second-order valence-electron chi connectivity index (χ2n) is 10.1. The van der Waals surface area contributed by atoms with E-state index in [1.807, 2.05) is 64.2 Å². The lowest BCUT2D eigenvalue weighted by Crippen LogP contribution is -2.36. The molecule has 0 N–H and O–H groups in total. The third-order valence-corrected chi connectivity index (χ3v) is 8.43. The van der Waals surface area contributed by atoms with Crippen LogP contribution in [0.2, 0.25) is 0 Å². The number of morpholine rings is 1. The minimum Gasteiger partial charge on any atom is -0.379 e. The molecule has 0 aliphatic carbocycles. The summed E-state index contributed by atoms with van der Waals surface area (Å²) in [6.45, 7) is 16.2. The normalized spacial score (nSPS) is 16.1. The summed E-state index contributed by atoms with van der Waals surface area (Å²) in [6.07, 6.45) is 0. The number of hydrogen-bond acceptors (Lipinski definition) is 5. The number of hydrogen-bond donors (Lipinski definition) is 0. The van der Waals surface area contributed by atoms with Gasteiger partial charge in [-0.3, -0.25) is 4.90 Å². The lowest BCUT2D eigenvalue weighted by atomic mass is 10.0. The van der Waals surface area contributed by atoms with E-state index in [4.69, 9.17) is 9.72 Å². The van der Waals surface area contributed by atoms with Gasteiger partial charge in [-0.15, -0.1) is 0 Å². The molecule has 2 unspecified atom stereocenters. The summed E-state index contributed by atoms with van der Waals surface area (Å²) in [5.74, 6) is 0. The molecular weight excluding hydrogens is 480 g/mol. The first-order valence-corrected chi connectivity index (χ1v) is 14.2. The van der Waals surface area contributed by atoms with Gasteiger partial charge in [-0.25, -0.2) is 13.5 Å². The fourth-order valence-corrected chi connectivity index (χ4v) is 5.64. The fraction of sp³-hybridized carbons (Fsp3) is 0.467. The zero-order valence-electron chi connectivity index (χ0n) is 23.2. The molecule has 1 aliphatic rings.